The maximum absolute atomic E-state index is 12.1. The Morgan fingerprint density at radius 3 is 2.29 bits per heavy atom. The van der Waals surface area contributed by atoms with Gasteiger partial charge in [-0.2, -0.15) is 8.78 Å². The highest BCUT2D eigenvalue weighted by Gasteiger charge is 2.06. The van der Waals surface area contributed by atoms with E-state index >= 15 is 0 Å². The molecule has 0 heterocycles. The minimum absolute atomic E-state index is 0.0169. The summed E-state index contributed by atoms with van der Waals surface area (Å²) in [7, 11) is 0. The predicted molar refractivity (Wildman–Crippen MR) is 102 cm³/mol. The highest BCUT2D eigenvalue weighted by atomic mass is 19.3. The molecule has 1 amide bonds. The molecular weight excluding hydrogens is 370 g/mol. The van der Waals surface area contributed by atoms with E-state index in [1.54, 1.807) is 37.3 Å². The average molecular weight is 390 g/mol. The van der Waals surface area contributed by atoms with E-state index in [-0.39, 0.29) is 18.2 Å². The van der Waals surface area contributed by atoms with E-state index in [1.165, 1.54) is 30.3 Å². The van der Waals surface area contributed by atoms with E-state index in [2.05, 4.69) is 15.4 Å². The number of alkyl halides is 2. The maximum Gasteiger partial charge on any atom is 0.387 e. The fourth-order valence-electron chi connectivity index (χ4n) is 2.17. The molecule has 0 radical (unpaired) electrons. The Labute approximate surface area is 161 Å². The number of anilines is 2. The van der Waals surface area contributed by atoms with Gasteiger partial charge in [-0.25, -0.2) is 4.79 Å². The number of rotatable bonds is 9. The van der Waals surface area contributed by atoms with Crippen LogP contribution in [-0.2, 0) is 14.3 Å². The van der Waals surface area contributed by atoms with Gasteiger partial charge in [0, 0.05) is 17.5 Å². The van der Waals surface area contributed by atoms with Crippen LogP contribution in [0, 0.1) is 0 Å². The zero-order valence-corrected chi connectivity index (χ0v) is 15.2. The van der Waals surface area contributed by atoms with Crippen LogP contribution in [0.2, 0.25) is 0 Å². The van der Waals surface area contributed by atoms with Gasteiger partial charge in [-0.15, -0.1) is 0 Å². The third kappa shape index (κ3) is 7.45. The molecule has 0 aliphatic heterocycles. The first-order valence-electron chi connectivity index (χ1n) is 8.49. The fourth-order valence-corrected chi connectivity index (χ4v) is 2.17. The number of benzene rings is 2. The van der Waals surface area contributed by atoms with E-state index < -0.39 is 12.6 Å². The van der Waals surface area contributed by atoms with Crippen molar-refractivity contribution in [3.8, 4) is 5.75 Å². The summed E-state index contributed by atoms with van der Waals surface area (Å²) in [6.45, 7) is -0.814. The van der Waals surface area contributed by atoms with E-state index in [0.29, 0.717) is 12.3 Å². The summed E-state index contributed by atoms with van der Waals surface area (Å²) < 4.78 is 33.3. The predicted octanol–water partition coefficient (Wildman–Crippen LogP) is 3.91. The Hall–Kier alpha value is -3.42. The second-order valence-electron chi connectivity index (χ2n) is 5.51. The average Bonchev–Trinajstić information content (AvgIpc) is 2.67. The van der Waals surface area contributed by atoms with Crippen LogP contribution in [0.15, 0.2) is 54.6 Å². The molecule has 2 aromatic carbocycles. The molecule has 0 unspecified atom stereocenters. The minimum Gasteiger partial charge on any atom is -0.463 e. The highest BCUT2D eigenvalue weighted by molar-refractivity contribution is 5.93. The molecule has 6 nitrogen and oxygen atoms in total. The Morgan fingerprint density at radius 2 is 1.68 bits per heavy atom. The third-order valence-corrected chi connectivity index (χ3v) is 3.43. The van der Waals surface area contributed by atoms with Crippen LogP contribution in [0.5, 0.6) is 5.75 Å². The lowest BCUT2D eigenvalue weighted by molar-refractivity contribution is -0.137. The Bertz CT molecular complexity index is 806. The van der Waals surface area contributed by atoms with Crippen molar-refractivity contribution >= 4 is 29.3 Å². The zero-order chi connectivity index (χ0) is 20.4. The van der Waals surface area contributed by atoms with Crippen molar-refractivity contribution in [2.75, 3.05) is 23.8 Å². The number of carbonyl (C=O) groups excluding carboxylic acids is 2. The molecule has 0 aliphatic rings. The van der Waals surface area contributed by atoms with Crippen LogP contribution >= 0.6 is 0 Å². The Kier molecular flexibility index (Phi) is 7.95. The molecule has 2 aromatic rings. The van der Waals surface area contributed by atoms with Gasteiger partial charge in [0.05, 0.1) is 13.2 Å². The van der Waals surface area contributed by atoms with Gasteiger partial charge in [-0.05, 0) is 55.0 Å². The van der Waals surface area contributed by atoms with Crippen molar-refractivity contribution < 1.29 is 27.8 Å². The van der Waals surface area contributed by atoms with Gasteiger partial charge in [0.2, 0.25) is 5.91 Å². The topological polar surface area (TPSA) is 76.7 Å². The summed E-state index contributed by atoms with van der Waals surface area (Å²) in [5, 5.41) is 5.60. The van der Waals surface area contributed by atoms with Crippen molar-refractivity contribution in [2.45, 2.75) is 13.5 Å². The number of amides is 1. The van der Waals surface area contributed by atoms with Crippen molar-refractivity contribution in [3.05, 3.63) is 60.2 Å². The standard InChI is InChI=1S/C20H20F2N2O4/c1-2-27-19(26)12-5-14-3-6-15(7-4-14)23-13-18(25)24-16-8-10-17(11-9-16)28-20(21)22/h3-12,20,23H,2,13H2,1H3,(H,24,25)/b12-5+. The van der Waals surface area contributed by atoms with Crippen molar-refractivity contribution in [3.63, 3.8) is 0 Å². The minimum atomic E-state index is -2.89. The van der Waals surface area contributed by atoms with Crippen LogP contribution in [0.25, 0.3) is 6.08 Å². The zero-order valence-electron chi connectivity index (χ0n) is 15.2. The lowest BCUT2D eigenvalue weighted by Crippen LogP contribution is -2.21. The third-order valence-electron chi connectivity index (χ3n) is 3.43. The molecule has 8 heteroatoms. The monoisotopic (exact) mass is 390 g/mol. The fraction of sp³-hybridized carbons (Fsp3) is 0.200. The molecular formula is C20H20F2N2O4. The van der Waals surface area contributed by atoms with Crippen LogP contribution in [0.1, 0.15) is 12.5 Å². The quantitative estimate of drug-likeness (QED) is 0.501. The second kappa shape index (κ2) is 10.7. The van der Waals surface area contributed by atoms with Crippen LogP contribution < -0.4 is 15.4 Å². The molecule has 2 rings (SSSR count). The maximum atomic E-state index is 12.1. The van der Waals surface area contributed by atoms with Crippen LogP contribution in [0.4, 0.5) is 20.2 Å². The molecule has 0 saturated carbocycles. The summed E-state index contributed by atoms with van der Waals surface area (Å²) in [5.74, 6) is -0.688. The number of esters is 1. The van der Waals surface area contributed by atoms with Crippen molar-refractivity contribution in [1.29, 1.82) is 0 Å². The smallest absolute Gasteiger partial charge is 0.387 e. The number of nitrogens with one attached hydrogen (secondary N) is 2. The molecule has 0 aliphatic carbocycles. The van der Waals surface area contributed by atoms with Gasteiger partial charge in [-0.3, -0.25) is 4.79 Å². The number of halogens is 2. The van der Waals surface area contributed by atoms with Gasteiger partial charge in [0.25, 0.3) is 0 Å². The van der Waals surface area contributed by atoms with Crippen molar-refractivity contribution in [1.82, 2.24) is 0 Å². The molecule has 28 heavy (non-hydrogen) atoms. The van der Waals surface area contributed by atoms with Gasteiger partial charge < -0.3 is 20.1 Å². The number of carbonyl (C=O) groups is 2. The first-order valence-corrected chi connectivity index (χ1v) is 8.49. The van der Waals surface area contributed by atoms with E-state index in [1.807, 2.05) is 0 Å². The Balaban J connectivity index is 1.80. The molecule has 0 saturated heterocycles. The molecule has 0 aromatic heterocycles. The van der Waals surface area contributed by atoms with Crippen molar-refractivity contribution in [2.24, 2.45) is 0 Å². The number of hydrogen-bond donors (Lipinski definition) is 2. The van der Waals surface area contributed by atoms with Crippen LogP contribution in [0.3, 0.4) is 0 Å². The van der Waals surface area contributed by atoms with Gasteiger partial charge in [-0.1, -0.05) is 12.1 Å². The number of ether oxygens (including phenoxy) is 2. The molecule has 0 bridgehead atoms. The van der Waals surface area contributed by atoms with Gasteiger partial charge in [0.1, 0.15) is 5.75 Å². The first kappa shape index (κ1) is 20.9. The van der Waals surface area contributed by atoms with Gasteiger partial charge in [0.15, 0.2) is 0 Å². The van der Waals surface area contributed by atoms with Gasteiger partial charge >= 0.3 is 12.6 Å². The summed E-state index contributed by atoms with van der Waals surface area (Å²) in [5.41, 5.74) is 2.01. The second-order valence-corrected chi connectivity index (χ2v) is 5.51. The number of hydrogen-bond acceptors (Lipinski definition) is 5. The van der Waals surface area contributed by atoms with E-state index in [4.69, 9.17) is 4.74 Å². The summed E-state index contributed by atoms with van der Waals surface area (Å²) in [6, 6.07) is 12.8. The lowest BCUT2D eigenvalue weighted by atomic mass is 10.2. The SMILES string of the molecule is CCOC(=O)/C=C/c1ccc(NCC(=O)Nc2ccc(OC(F)F)cc2)cc1. The molecule has 0 fully saturated rings. The normalized spacial score (nSPS) is 10.7. The molecule has 148 valence electrons. The van der Waals surface area contributed by atoms with Crippen LogP contribution in [-0.4, -0.2) is 31.6 Å². The first-order chi connectivity index (χ1) is 13.5. The summed E-state index contributed by atoms with van der Waals surface area (Å²) >= 11 is 0. The molecule has 0 atom stereocenters. The molecule has 2 N–H and O–H groups in total. The Morgan fingerprint density at radius 1 is 1.04 bits per heavy atom. The summed E-state index contributed by atoms with van der Waals surface area (Å²) in [4.78, 5) is 23.2. The lowest BCUT2D eigenvalue weighted by Gasteiger charge is -2.09. The summed E-state index contributed by atoms with van der Waals surface area (Å²) in [6.07, 6.45) is 2.98. The van der Waals surface area contributed by atoms with E-state index in [9.17, 15) is 18.4 Å². The molecule has 0 spiro atoms. The van der Waals surface area contributed by atoms with E-state index in [0.717, 1.165) is 11.3 Å². The largest absolute Gasteiger partial charge is 0.463 e. The highest BCUT2D eigenvalue weighted by Crippen LogP contribution is 2.17.